The van der Waals surface area contributed by atoms with Crippen LogP contribution in [-0.4, -0.2) is 18.2 Å². The molecule has 0 aliphatic heterocycles. The number of rotatable bonds is 6. The van der Waals surface area contributed by atoms with E-state index in [1.807, 2.05) is 37.3 Å². The van der Waals surface area contributed by atoms with Gasteiger partial charge in [-0.2, -0.15) is 18.3 Å². The van der Waals surface area contributed by atoms with Gasteiger partial charge in [0.25, 0.3) is 5.91 Å². The third kappa shape index (κ3) is 5.63. The number of hydrogen-bond acceptors (Lipinski definition) is 3. The van der Waals surface area contributed by atoms with Crippen LogP contribution < -0.4 is 10.7 Å². The van der Waals surface area contributed by atoms with Crippen molar-refractivity contribution in [2.75, 3.05) is 11.9 Å². The smallest absolute Gasteiger partial charge is 0.376 e. The predicted octanol–water partition coefficient (Wildman–Crippen LogP) is 4.05. The molecule has 2 N–H and O–H groups in total. The molecule has 4 nitrogen and oxygen atoms in total. The van der Waals surface area contributed by atoms with Gasteiger partial charge in [-0.25, -0.2) is 5.43 Å². The van der Waals surface area contributed by atoms with Gasteiger partial charge >= 0.3 is 6.18 Å². The molecule has 132 valence electrons. The van der Waals surface area contributed by atoms with Gasteiger partial charge in [0.2, 0.25) is 0 Å². The fourth-order valence-electron chi connectivity index (χ4n) is 2.14. The third-order valence-electron chi connectivity index (χ3n) is 3.40. The van der Waals surface area contributed by atoms with E-state index in [1.165, 1.54) is 12.1 Å². The molecule has 1 amide bonds. The molecular weight excluding hydrogens is 331 g/mol. The fraction of sp³-hybridized carbons (Fsp3) is 0.222. The summed E-state index contributed by atoms with van der Waals surface area (Å²) in [7, 11) is 0. The van der Waals surface area contributed by atoms with E-state index >= 15 is 0 Å². The van der Waals surface area contributed by atoms with Crippen molar-refractivity contribution in [3.63, 3.8) is 0 Å². The van der Waals surface area contributed by atoms with Crippen LogP contribution in [0, 0.1) is 0 Å². The van der Waals surface area contributed by atoms with E-state index < -0.39 is 17.6 Å². The van der Waals surface area contributed by atoms with Gasteiger partial charge in [-0.3, -0.25) is 4.79 Å². The lowest BCUT2D eigenvalue weighted by Gasteiger charge is -2.10. The Hall–Kier alpha value is -2.83. The predicted molar refractivity (Wildman–Crippen MR) is 91.3 cm³/mol. The van der Waals surface area contributed by atoms with E-state index in [2.05, 4.69) is 15.8 Å². The number of amides is 1. The Kier molecular flexibility index (Phi) is 6.16. The summed E-state index contributed by atoms with van der Waals surface area (Å²) in [6.07, 6.45) is -3.79. The second-order valence-corrected chi connectivity index (χ2v) is 5.25. The SMILES string of the molecule is CC/C(=N/NC(=O)CNc1cccc(C(F)(F)F)c1)c1ccccc1. The van der Waals surface area contributed by atoms with Crippen LogP contribution in [0.3, 0.4) is 0 Å². The summed E-state index contributed by atoms with van der Waals surface area (Å²) in [5.74, 6) is -0.445. The summed E-state index contributed by atoms with van der Waals surface area (Å²) in [4.78, 5) is 11.8. The molecule has 0 saturated heterocycles. The first-order valence-corrected chi connectivity index (χ1v) is 7.72. The summed E-state index contributed by atoms with van der Waals surface area (Å²) in [6.45, 7) is 1.73. The van der Waals surface area contributed by atoms with Crippen LogP contribution in [0.5, 0.6) is 0 Å². The topological polar surface area (TPSA) is 53.5 Å². The number of carbonyl (C=O) groups is 1. The number of halogens is 3. The zero-order chi connectivity index (χ0) is 18.3. The van der Waals surface area contributed by atoms with E-state index in [1.54, 1.807) is 0 Å². The van der Waals surface area contributed by atoms with Crippen molar-refractivity contribution in [3.8, 4) is 0 Å². The van der Waals surface area contributed by atoms with Gasteiger partial charge in [0.15, 0.2) is 0 Å². The fourth-order valence-corrected chi connectivity index (χ4v) is 2.14. The summed E-state index contributed by atoms with van der Waals surface area (Å²) in [5.41, 5.74) is 3.47. The average molecular weight is 349 g/mol. The van der Waals surface area contributed by atoms with Crippen LogP contribution in [0.25, 0.3) is 0 Å². The van der Waals surface area contributed by atoms with Gasteiger partial charge in [-0.1, -0.05) is 43.3 Å². The molecule has 0 saturated carbocycles. The Labute approximate surface area is 143 Å². The second-order valence-electron chi connectivity index (χ2n) is 5.25. The number of hydrogen-bond donors (Lipinski definition) is 2. The van der Waals surface area contributed by atoms with E-state index in [-0.39, 0.29) is 12.2 Å². The molecule has 2 aromatic carbocycles. The first-order chi connectivity index (χ1) is 11.9. The van der Waals surface area contributed by atoms with E-state index in [4.69, 9.17) is 0 Å². The largest absolute Gasteiger partial charge is 0.416 e. The Bertz CT molecular complexity index is 743. The van der Waals surface area contributed by atoms with E-state index in [0.29, 0.717) is 12.1 Å². The molecular formula is C18H18F3N3O. The zero-order valence-corrected chi connectivity index (χ0v) is 13.6. The van der Waals surface area contributed by atoms with E-state index in [0.717, 1.165) is 17.7 Å². The molecule has 7 heteroatoms. The highest BCUT2D eigenvalue weighted by molar-refractivity contribution is 6.00. The van der Waals surface area contributed by atoms with Gasteiger partial charge in [0.05, 0.1) is 17.8 Å². The minimum absolute atomic E-state index is 0.184. The quantitative estimate of drug-likeness (QED) is 0.611. The summed E-state index contributed by atoms with van der Waals surface area (Å²) in [5, 5.41) is 6.74. The monoisotopic (exact) mass is 349 g/mol. The highest BCUT2D eigenvalue weighted by atomic mass is 19.4. The van der Waals surface area contributed by atoms with Crippen LogP contribution in [0.15, 0.2) is 59.7 Å². The Morgan fingerprint density at radius 3 is 2.44 bits per heavy atom. The first kappa shape index (κ1) is 18.5. The number of nitrogens with zero attached hydrogens (tertiary/aromatic N) is 1. The number of hydrazone groups is 1. The molecule has 0 spiro atoms. The van der Waals surface area contributed by atoms with Crippen molar-refractivity contribution in [1.29, 1.82) is 0 Å². The molecule has 0 aromatic heterocycles. The van der Waals surface area contributed by atoms with Crippen molar-refractivity contribution in [2.45, 2.75) is 19.5 Å². The average Bonchev–Trinajstić information content (AvgIpc) is 2.61. The minimum Gasteiger partial charge on any atom is -0.376 e. The number of carbonyl (C=O) groups excluding carboxylic acids is 1. The van der Waals surface area contributed by atoms with Crippen molar-refractivity contribution >= 4 is 17.3 Å². The number of anilines is 1. The van der Waals surface area contributed by atoms with Gasteiger partial charge in [0.1, 0.15) is 0 Å². The summed E-state index contributed by atoms with van der Waals surface area (Å²) < 4.78 is 38.0. The zero-order valence-electron chi connectivity index (χ0n) is 13.6. The number of benzene rings is 2. The lowest BCUT2D eigenvalue weighted by molar-refractivity contribution is -0.137. The standard InChI is InChI=1S/C18H18F3N3O/c1-2-16(13-7-4-3-5-8-13)23-24-17(25)12-22-15-10-6-9-14(11-15)18(19,20)21/h3-11,22H,2,12H2,1H3,(H,24,25)/b23-16-. The molecule has 2 aromatic rings. The Balaban J connectivity index is 1.94. The molecule has 0 heterocycles. The van der Waals surface area contributed by atoms with Crippen molar-refractivity contribution in [2.24, 2.45) is 5.10 Å². The van der Waals surface area contributed by atoms with E-state index in [9.17, 15) is 18.0 Å². The van der Waals surface area contributed by atoms with Crippen LogP contribution in [-0.2, 0) is 11.0 Å². The highest BCUT2D eigenvalue weighted by Gasteiger charge is 2.30. The second kappa shape index (κ2) is 8.32. The summed E-state index contributed by atoms with van der Waals surface area (Å²) >= 11 is 0. The lowest BCUT2D eigenvalue weighted by Crippen LogP contribution is -2.27. The number of alkyl halides is 3. The normalized spacial score (nSPS) is 11.9. The van der Waals surface area contributed by atoms with Crippen LogP contribution >= 0.6 is 0 Å². The maximum atomic E-state index is 12.7. The third-order valence-corrected chi connectivity index (χ3v) is 3.40. The molecule has 2 rings (SSSR count). The van der Waals surface area contributed by atoms with Gasteiger partial charge in [-0.15, -0.1) is 0 Å². The first-order valence-electron chi connectivity index (χ1n) is 7.72. The molecule has 0 fully saturated rings. The molecule has 0 bridgehead atoms. The van der Waals surface area contributed by atoms with Crippen LogP contribution in [0.4, 0.5) is 18.9 Å². The molecule has 25 heavy (non-hydrogen) atoms. The van der Waals surface area contributed by atoms with Gasteiger partial charge in [0, 0.05) is 5.69 Å². The maximum absolute atomic E-state index is 12.7. The van der Waals surface area contributed by atoms with Crippen LogP contribution in [0.2, 0.25) is 0 Å². The summed E-state index contributed by atoms with van der Waals surface area (Å²) in [6, 6.07) is 14.1. The van der Waals surface area contributed by atoms with Crippen LogP contribution in [0.1, 0.15) is 24.5 Å². The lowest BCUT2D eigenvalue weighted by atomic mass is 10.1. The van der Waals surface area contributed by atoms with Crippen molar-refractivity contribution in [3.05, 3.63) is 65.7 Å². The molecule has 0 aliphatic carbocycles. The van der Waals surface area contributed by atoms with Gasteiger partial charge in [-0.05, 0) is 30.2 Å². The van der Waals surface area contributed by atoms with Gasteiger partial charge < -0.3 is 5.32 Å². The Morgan fingerprint density at radius 2 is 1.80 bits per heavy atom. The molecule has 0 aliphatic rings. The minimum atomic E-state index is -4.42. The Morgan fingerprint density at radius 1 is 1.08 bits per heavy atom. The molecule has 0 atom stereocenters. The van der Waals surface area contributed by atoms with Crippen molar-refractivity contribution < 1.29 is 18.0 Å². The highest BCUT2D eigenvalue weighted by Crippen LogP contribution is 2.30. The molecule has 0 radical (unpaired) electrons. The van der Waals surface area contributed by atoms with Crippen molar-refractivity contribution in [1.82, 2.24) is 5.43 Å². The number of nitrogens with one attached hydrogen (secondary N) is 2. The maximum Gasteiger partial charge on any atom is 0.416 e. The molecule has 0 unspecified atom stereocenters.